The van der Waals surface area contributed by atoms with Crippen molar-refractivity contribution in [1.82, 2.24) is 0 Å². The maximum Gasteiger partial charge on any atom is 0.313 e. The van der Waals surface area contributed by atoms with Crippen LogP contribution in [0.15, 0.2) is 64.6 Å². The minimum absolute atomic E-state index is 0. The van der Waals surface area contributed by atoms with Crippen molar-refractivity contribution in [3.05, 3.63) is 59.6 Å². The predicted molar refractivity (Wildman–Crippen MR) is 136 cm³/mol. The summed E-state index contributed by atoms with van der Waals surface area (Å²) in [5.74, 6) is -0.130. The Balaban J connectivity index is 0.00000256. The van der Waals surface area contributed by atoms with Gasteiger partial charge in [-0.15, -0.1) is 24.0 Å². The molecule has 1 heterocycles. The Labute approximate surface area is 202 Å². The van der Waals surface area contributed by atoms with E-state index in [0.29, 0.717) is 10.2 Å². The van der Waals surface area contributed by atoms with Crippen LogP contribution < -0.4 is 4.90 Å². The number of halogens is 2. The van der Waals surface area contributed by atoms with Crippen molar-refractivity contribution in [1.29, 1.82) is 0 Å². The lowest BCUT2D eigenvalue weighted by Gasteiger charge is -2.42. The maximum atomic E-state index is 11.2. The van der Waals surface area contributed by atoms with Crippen molar-refractivity contribution in [3.8, 4) is 0 Å². The van der Waals surface area contributed by atoms with Crippen molar-refractivity contribution >= 4 is 75.7 Å². The number of aliphatic imine (C=N–C) groups is 2. The molecule has 4 rings (SSSR count). The number of aliphatic carboxylic acids is 1. The van der Waals surface area contributed by atoms with Crippen molar-refractivity contribution in [2.24, 2.45) is 9.98 Å². The van der Waals surface area contributed by atoms with Crippen LogP contribution in [0.1, 0.15) is 32.1 Å². The highest BCUT2D eigenvalue weighted by atomic mass is 127. The second kappa shape index (κ2) is 10.2. The highest BCUT2D eigenvalue weighted by Crippen LogP contribution is 2.44. The van der Waals surface area contributed by atoms with Crippen LogP contribution in [-0.4, -0.2) is 33.4 Å². The molecule has 1 spiro atoms. The Morgan fingerprint density at radius 3 is 2.40 bits per heavy atom. The fourth-order valence-corrected chi connectivity index (χ4v) is 4.98. The van der Waals surface area contributed by atoms with Crippen molar-refractivity contribution in [2.75, 3.05) is 10.7 Å². The van der Waals surface area contributed by atoms with Crippen LogP contribution in [-0.2, 0) is 4.79 Å². The number of hydrogen-bond donors (Lipinski definition) is 1. The smallest absolute Gasteiger partial charge is 0.313 e. The molecule has 0 unspecified atom stereocenters. The van der Waals surface area contributed by atoms with Crippen molar-refractivity contribution < 1.29 is 9.90 Å². The summed E-state index contributed by atoms with van der Waals surface area (Å²) in [6.07, 6.45) is 5.25. The molecule has 0 atom stereocenters. The van der Waals surface area contributed by atoms with E-state index in [0.717, 1.165) is 42.9 Å². The number of amidine groups is 2. The van der Waals surface area contributed by atoms with Crippen LogP contribution in [0.5, 0.6) is 0 Å². The van der Waals surface area contributed by atoms with Gasteiger partial charge in [0.2, 0.25) is 0 Å². The van der Waals surface area contributed by atoms with Gasteiger partial charge in [-0.05, 0) is 49.2 Å². The fraction of sp³-hybridized carbons (Fsp3) is 0.318. The molecular formula is C22H23ClIN3O2S. The van der Waals surface area contributed by atoms with E-state index in [4.69, 9.17) is 21.6 Å². The molecule has 0 amide bonds. The SMILES string of the molecule is I.O=C(O)CSC1=NC(=Nc2ccc(Cl)cc2)C2(CCCCC2)N1c1ccccc1. The fourth-order valence-electron chi connectivity index (χ4n) is 4.04. The van der Waals surface area contributed by atoms with Gasteiger partial charge < -0.3 is 10.0 Å². The summed E-state index contributed by atoms with van der Waals surface area (Å²) in [5, 5.41) is 10.6. The normalized spacial score (nSPS) is 18.9. The first-order valence-corrected chi connectivity index (χ1v) is 11.1. The molecular weight excluding hydrogens is 533 g/mol. The van der Waals surface area contributed by atoms with E-state index in [2.05, 4.69) is 17.0 Å². The lowest BCUT2D eigenvalue weighted by Crippen LogP contribution is -2.52. The van der Waals surface area contributed by atoms with Crippen LogP contribution in [0.4, 0.5) is 11.4 Å². The van der Waals surface area contributed by atoms with E-state index in [1.54, 1.807) is 0 Å². The van der Waals surface area contributed by atoms with Gasteiger partial charge in [-0.25, -0.2) is 9.98 Å². The van der Waals surface area contributed by atoms with Crippen molar-refractivity contribution in [3.63, 3.8) is 0 Å². The molecule has 0 aromatic heterocycles. The van der Waals surface area contributed by atoms with Gasteiger partial charge >= 0.3 is 5.97 Å². The van der Waals surface area contributed by atoms with Crippen LogP contribution >= 0.6 is 47.3 Å². The van der Waals surface area contributed by atoms with Gasteiger partial charge in [-0.3, -0.25) is 4.79 Å². The molecule has 1 N–H and O–H groups in total. The zero-order valence-corrected chi connectivity index (χ0v) is 20.2. The highest BCUT2D eigenvalue weighted by Gasteiger charge is 2.49. The number of rotatable bonds is 4. The number of benzene rings is 2. The minimum atomic E-state index is -0.855. The Morgan fingerprint density at radius 2 is 1.77 bits per heavy atom. The first-order chi connectivity index (χ1) is 14.1. The molecule has 2 aromatic rings. The monoisotopic (exact) mass is 555 g/mol. The molecule has 158 valence electrons. The third-order valence-electron chi connectivity index (χ3n) is 5.32. The van der Waals surface area contributed by atoms with E-state index in [1.165, 1.54) is 18.2 Å². The van der Waals surface area contributed by atoms with Gasteiger partial charge in [0.15, 0.2) is 11.0 Å². The number of carboxylic acid groups (broad SMARTS) is 1. The molecule has 1 fully saturated rings. The molecule has 1 aliphatic carbocycles. The molecule has 0 bridgehead atoms. The summed E-state index contributed by atoms with van der Waals surface area (Å²) < 4.78 is 0. The van der Waals surface area contributed by atoms with Crippen LogP contribution in [0.3, 0.4) is 0 Å². The lowest BCUT2D eigenvalue weighted by molar-refractivity contribution is -0.133. The second-order valence-electron chi connectivity index (χ2n) is 7.25. The summed E-state index contributed by atoms with van der Waals surface area (Å²) in [5.41, 5.74) is 1.48. The summed E-state index contributed by atoms with van der Waals surface area (Å²) in [4.78, 5) is 23.2. The summed E-state index contributed by atoms with van der Waals surface area (Å²) in [6.45, 7) is 0. The number of para-hydroxylation sites is 1. The molecule has 1 saturated carbocycles. The summed E-state index contributed by atoms with van der Waals surface area (Å²) in [7, 11) is 0. The number of carbonyl (C=O) groups is 1. The first-order valence-electron chi connectivity index (χ1n) is 9.72. The van der Waals surface area contributed by atoms with Gasteiger partial charge in [-0.2, -0.15) is 0 Å². The van der Waals surface area contributed by atoms with Gasteiger partial charge in [-0.1, -0.05) is 60.8 Å². The minimum Gasteiger partial charge on any atom is -0.481 e. The number of hydrogen-bond acceptors (Lipinski definition) is 4. The number of thioether (sulfide) groups is 1. The van der Waals surface area contributed by atoms with Crippen molar-refractivity contribution in [2.45, 2.75) is 37.6 Å². The molecule has 2 aromatic carbocycles. The molecule has 5 nitrogen and oxygen atoms in total. The van der Waals surface area contributed by atoms with E-state index in [1.807, 2.05) is 42.5 Å². The number of nitrogens with zero attached hydrogens (tertiary/aromatic N) is 3. The average Bonchev–Trinajstić information content (AvgIpc) is 3.01. The van der Waals surface area contributed by atoms with Gasteiger partial charge in [0.25, 0.3) is 0 Å². The van der Waals surface area contributed by atoms with Crippen LogP contribution in [0.2, 0.25) is 5.02 Å². The van der Waals surface area contributed by atoms with Gasteiger partial charge in [0, 0.05) is 10.7 Å². The Hall–Kier alpha value is -1.58. The van der Waals surface area contributed by atoms with E-state index >= 15 is 0 Å². The number of anilines is 1. The molecule has 0 saturated heterocycles. The Morgan fingerprint density at radius 1 is 1.10 bits per heavy atom. The molecule has 2 aliphatic rings. The van der Waals surface area contributed by atoms with Gasteiger partial charge in [0.05, 0.1) is 11.4 Å². The molecule has 8 heteroatoms. The topological polar surface area (TPSA) is 65.3 Å². The van der Waals surface area contributed by atoms with E-state index in [-0.39, 0.29) is 35.3 Å². The maximum absolute atomic E-state index is 11.2. The van der Waals surface area contributed by atoms with Crippen LogP contribution in [0, 0.1) is 0 Å². The predicted octanol–water partition coefficient (Wildman–Crippen LogP) is 6.38. The molecule has 30 heavy (non-hydrogen) atoms. The molecule has 0 radical (unpaired) electrons. The quantitative estimate of drug-likeness (QED) is 0.444. The van der Waals surface area contributed by atoms with Gasteiger partial charge in [0.1, 0.15) is 5.54 Å². The molecule has 1 aliphatic heterocycles. The summed E-state index contributed by atoms with van der Waals surface area (Å²) in [6, 6.07) is 17.5. The largest absolute Gasteiger partial charge is 0.481 e. The Kier molecular flexibility index (Phi) is 7.81. The highest BCUT2D eigenvalue weighted by molar-refractivity contribution is 14.0. The zero-order chi connectivity index (χ0) is 20.3. The standard InChI is InChI=1S/C22H22ClN3O2S.HI/c23-16-9-11-17(12-10-16)24-20-22(13-5-2-6-14-22)26(18-7-3-1-4-8-18)21(25-20)29-15-19(27)28;/h1,3-4,7-12H,2,5-6,13-15H2,(H,27,28);1H. The summed E-state index contributed by atoms with van der Waals surface area (Å²) >= 11 is 7.28. The zero-order valence-electron chi connectivity index (χ0n) is 16.3. The third kappa shape index (κ3) is 4.84. The Bertz CT molecular complexity index is 945. The van der Waals surface area contributed by atoms with Crippen LogP contribution in [0.25, 0.3) is 0 Å². The first kappa shape index (κ1) is 23.1. The van der Waals surface area contributed by atoms with E-state index in [9.17, 15) is 9.90 Å². The third-order valence-corrected chi connectivity index (χ3v) is 6.49. The second-order valence-corrected chi connectivity index (χ2v) is 8.63. The van der Waals surface area contributed by atoms with E-state index < -0.39 is 5.97 Å². The average molecular weight is 556 g/mol. The number of carboxylic acids is 1. The lowest BCUT2D eigenvalue weighted by atomic mass is 9.79.